The van der Waals surface area contributed by atoms with Gasteiger partial charge in [-0.05, 0) is 18.8 Å². The number of hydrogen-bond acceptors (Lipinski definition) is 2. The number of hydrogen-bond donors (Lipinski definition) is 0. The summed E-state index contributed by atoms with van der Waals surface area (Å²) < 4.78 is 59.0. The maximum atomic E-state index is 12.2. The van der Waals surface area contributed by atoms with Crippen LogP contribution in [0.2, 0.25) is 0 Å². The predicted octanol–water partition coefficient (Wildman–Crippen LogP) is 2.90. The van der Waals surface area contributed by atoms with Gasteiger partial charge in [-0.2, -0.15) is 17.5 Å². The lowest BCUT2D eigenvalue weighted by atomic mass is 9.89. The van der Waals surface area contributed by atoms with Gasteiger partial charge in [0.2, 0.25) is 0 Å². The highest BCUT2D eigenvalue weighted by Crippen LogP contribution is 2.26. The molecular formula is C11H18F3NO2S. The summed E-state index contributed by atoms with van der Waals surface area (Å²) in [6.07, 6.45) is 8.88. The van der Waals surface area contributed by atoms with Crippen molar-refractivity contribution in [2.75, 3.05) is 13.6 Å². The van der Waals surface area contributed by atoms with Crippen molar-refractivity contribution in [2.24, 2.45) is 5.92 Å². The van der Waals surface area contributed by atoms with E-state index < -0.39 is 15.5 Å². The summed E-state index contributed by atoms with van der Waals surface area (Å²) in [6, 6.07) is 0. The summed E-state index contributed by atoms with van der Waals surface area (Å²) in [6.45, 7) is -0.238. The first-order valence-corrected chi connectivity index (χ1v) is 7.38. The summed E-state index contributed by atoms with van der Waals surface area (Å²) >= 11 is 0. The van der Waals surface area contributed by atoms with Gasteiger partial charge in [0.1, 0.15) is 0 Å². The monoisotopic (exact) mass is 285 g/mol. The zero-order valence-corrected chi connectivity index (χ0v) is 11.1. The molecule has 0 aromatic heterocycles. The molecule has 18 heavy (non-hydrogen) atoms. The fourth-order valence-corrected chi connectivity index (χ4v) is 2.64. The van der Waals surface area contributed by atoms with Crippen LogP contribution in [-0.2, 0) is 10.0 Å². The van der Waals surface area contributed by atoms with Crippen molar-refractivity contribution in [1.82, 2.24) is 4.31 Å². The minimum atomic E-state index is -5.22. The molecule has 0 aromatic rings. The molecule has 0 aliphatic heterocycles. The third-order valence-electron chi connectivity index (χ3n) is 3.12. The van der Waals surface area contributed by atoms with E-state index in [1.807, 2.05) is 6.08 Å². The van der Waals surface area contributed by atoms with Gasteiger partial charge in [0.25, 0.3) is 0 Å². The van der Waals surface area contributed by atoms with Gasteiger partial charge in [-0.3, -0.25) is 0 Å². The zero-order chi connectivity index (χ0) is 13.8. The molecule has 0 heterocycles. The highest BCUT2D eigenvalue weighted by molar-refractivity contribution is 7.89. The SMILES string of the molecule is CN(CC=CC1CCCCC1)S(=O)(=O)C(F)(F)F. The van der Waals surface area contributed by atoms with E-state index in [9.17, 15) is 21.6 Å². The second-order valence-electron chi connectivity index (χ2n) is 4.56. The number of allylic oxidation sites excluding steroid dienone is 1. The molecule has 0 unspecified atom stereocenters. The van der Waals surface area contributed by atoms with Crippen molar-refractivity contribution in [3.8, 4) is 0 Å². The third-order valence-corrected chi connectivity index (χ3v) is 4.68. The average molecular weight is 285 g/mol. The number of sulfonamides is 1. The van der Waals surface area contributed by atoms with Gasteiger partial charge in [0.15, 0.2) is 0 Å². The lowest BCUT2D eigenvalue weighted by Gasteiger charge is -2.19. The van der Waals surface area contributed by atoms with Gasteiger partial charge in [-0.25, -0.2) is 8.42 Å². The number of likely N-dealkylation sites (N-methyl/N-ethyl adjacent to an activating group) is 1. The first kappa shape index (κ1) is 15.5. The van der Waals surface area contributed by atoms with Crippen LogP contribution < -0.4 is 0 Å². The minimum Gasteiger partial charge on any atom is -0.203 e. The van der Waals surface area contributed by atoms with Crippen LogP contribution in [0.3, 0.4) is 0 Å². The molecule has 1 fully saturated rings. The lowest BCUT2D eigenvalue weighted by molar-refractivity contribution is -0.0480. The normalized spacial score (nSPS) is 19.8. The van der Waals surface area contributed by atoms with E-state index in [2.05, 4.69) is 0 Å². The first-order valence-electron chi connectivity index (χ1n) is 5.94. The van der Waals surface area contributed by atoms with E-state index in [1.54, 1.807) is 0 Å². The van der Waals surface area contributed by atoms with Gasteiger partial charge < -0.3 is 0 Å². The van der Waals surface area contributed by atoms with Crippen molar-refractivity contribution in [2.45, 2.75) is 37.6 Å². The van der Waals surface area contributed by atoms with Crippen LogP contribution in [-0.4, -0.2) is 31.8 Å². The van der Waals surface area contributed by atoms with E-state index >= 15 is 0 Å². The van der Waals surface area contributed by atoms with Crippen molar-refractivity contribution < 1.29 is 21.6 Å². The molecule has 7 heteroatoms. The minimum absolute atomic E-state index is 0.238. The van der Waals surface area contributed by atoms with E-state index in [-0.39, 0.29) is 6.54 Å². The third kappa shape index (κ3) is 3.98. The van der Waals surface area contributed by atoms with Gasteiger partial charge in [-0.15, -0.1) is 0 Å². The molecule has 0 N–H and O–H groups in total. The Balaban J connectivity index is 2.50. The summed E-state index contributed by atoms with van der Waals surface area (Å²) in [4.78, 5) is 0. The highest BCUT2D eigenvalue weighted by atomic mass is 32.2. The van der Waals surface area contributed by atoms with Crippen molar-refractivity contribution >= 4 is 10.0 Å². The number of nitrogens with zero attached hydrogens (tertiary/aromatic N) is 1. The molecule has 0 atom stereocenters. The van der Waals surface area contributed by atoms with Crippen LogP contribution in [0.5, 0.6) is 0 Å². The van der Waals surface area contributed by atoms with Crippen LogP contribution >= 0.6 is 0 Å². The van der Waals surface area contributed by atoms with Gasteiger partial charge >= 0.3 is 15.5 Å². The maximum absolute atomic E-state index is 12.2. The molecular weight excluding hydrogens is 267 g/mol. The molecule has 1 aliphatic carbocycles. The van der Waals surface area contributed by atoms with E-state index in [0.29, 0.717) is 10.2 Å². The highest BCUT2D eigenvalue weighted by Gasteiger charge is 2.48. The van der Waals surface area contributed by atoms with Crippen LogP contribution in [0.1, 0.15) is 32.1 Å². The summed E-state index contributed by atoms with van der Waals surface area (Å²) in [5.41, 5.74) is -5.22. The Bertz CT molecular complexity index is 384. The molecule has 1 saturated carbocycles. The fraction of sp³-hybridized carbons (Fsp3) is 0.818. The van der Waals surface area contributed by atoms with Crippen molar-refractivity contribution in [3.05, 3.63) is 12.2 Å². The second-order valence-corrected chi connectivity index (χ2v) is 6.59. The van der Waals surface area contributed by atoms with Crippen LogP contribution in [0.15, 0.2) is 12.2 Å². The Kier molecular flexibility index (Phi) is 5.21. The summed E-state index contributed by atoms with van der Waals surface area (Å²) in [5, 5.41) is 0. The summed E-state index contributed by atoms with van der Waals surface area (Å²) in [5.74, 6) is 0.376. The lowest BCUT2D eigenvalue weighted by Crippen LogP contribution is -2.38. The van der Waals surface area contributed by atoms with E-state index in [4.69, 9.17) is 0 Å². The molecule has 106 valence electrons. The molecule has 1 rings (SSSR count). The van der Waals surface area contributed by atoms with Gasteiger partial charge in [0.05, 0.1) is 0 Å². The smallest absolute Gasteiger partial charge is 0.203 e. The van der Waals surface area contributed by atoms with Gasteiger partial charge in [0, 0.05) is 13.6 Å². The molecule has 0 aromatic carbocycles. The largest absolute Gasteiger partial charge is 0.511 e. The topological polar surface area (TPSA) is 37.4 Å². The van der Waals surface area contributed by atoms with E-state index in [0.717, 1.165) is 32.7 Å². The van der Waals surface area contributed by atoms with Crippen LogP contribution in [0.25, 0.3) is 0 Å². The van der Waals surface area contributed by atoms with Gasteiger partial charge in [-0.1, -0.05) is 31.4 Å². The first-order chi connectivity index (χ1) is 8.25. The molecule has 0 bridgehead atoms. The maximum Gasteiger partial charge on any atom is 0.511 e. The molecule has 0 saturated heterocycles. The molecule has 0 amide bonds. The second kappa shape index (κ2) is 6.06. The molecule has 0 spiro atoms. The Labute approximate surface area is 106 Å². The Hall–Kier alpha value is -0.560. The van der Waals surface area contributed by atoms with Crippen molar-refractivity contribution in [1.29, 1.82) is 0 Å². The number of rotatable bonds is 4. The Morgan fingerprint density at radius 1 is 1.22 bits per heavy atom. The fourth-order valence-electron chi connectivity index (χ4n) is 2.00. The predicted molar refractivity (Wildman–Crippen MR) is 63.3 cm³/mol. The molecule has 0 radical (unpaired) electrons. The average Bonchev–Trinajstić information content (AvgIpc) is 2.28. The van der Waals surface area contributed by atoms with Crippen LogP contribution in [0, 0.1) is 5.92 Å². The van der Waals surface area contributed by atoms with Crippen LogP contribution in [0.4, 0.5) is 13.2 Å². The van der Waals surface area contributed by atoms with E-state index in [1.165, 1.54) is 12.5 Å². The quantitative estimate of drug-likeness (QED) is 0.745. The molecule has 3 nitrogen and oxygen atoms in total. The zero-order valence-electron chi connectivity index (χ0n) is 10.3. The molecule has 1 aliphatic rings. The number of halogens is 3. The Morgan fingerprint density at radius 3 is 2.28 bits per heavy atom. The number of alkyl halides is 3. The van der Waals surface area contributed by atoms with Crippen molar-refractivity contribution in [3.63, 3.8) is 0 Å². The Morgan fingerprint density at radius 2 is 1.78 bits per heavy atom. The summed E-state index contributed by atoms with van der Waals surface area (Å²) in [7, 11) is -4.26. The standard InChI is InChI=1S/C11H18F3NO2S/c1-15(18(16,17)11(12,13)14)9-5-8-10-6-3-2-4-7-10/h5,8,10H,2-4,6-7,9H2,1H3.